The van der Waals surface area contributed by atoms with Gasteiger partial charge in [-0.3, -0.25) is 0 Å². The van der Waals surface area contributed by atoms with Gasteiger partial charge in [0.1, 0.15) is 0 Å². The van der Waals surface area contributed by atoms with E-state index >= 15 is 0 Å². The van der Waals surface area contributed by atoms with Crippen LogP contribution in [-0.4, -0.2) is 18.1 Å². The van der Waals surface area contributed by atoms with Crippen LogP contribution >= 0.6 is 31.9 Å². The molecule has 0 heterocycles. The van der Waals surface area contributed by atoms with Gasteiger partial charge >= 0.3 is 0 Å². The first-order valence-electron chi connectivity index (χ1n) is 6.24. The zero-order chi connectivity index (χ0) is 15.4. The Morgan fingerprint density at radius 1 is 1.19 bits per heavy atom. The lowest BCUT2D eigenvalue weighted by Gasteiger charge is -2.22. The lowest BCUT2D eigenvalue weighted by molar-refractivity contribution is 0.318. The molecule has 2 rings (SSSR count). The van der Waals surface area contributed by atoms with Crippen LogP contribution in [0.3, 0.4) is 0 Å². The van der Waals surface area contributed by atoms with Crippen LogP contribution in [0.25, 0.3) is 0 Å². The Morgan fingerprint density at radius 2 is 1.90 bits per heavy atom. The average molecular weight is 413 g/mol. The van der Waals surface area contributed by atoms with Gasteiger partial charge in [-0.05, 0) is 35.9 Å². The lowest BCUT2D eigenvalue weighted by atomic mass is 10.1. The Balaban J connectivity index is 2.34. The summed E-state index contributed by atoms with van der Waals surface area (Å²) in [7, 11) is 1.97. The first kappa shape index (κ1) is 15.9. The minimum atomic E-state index is 0.0959. The van der Waals surface area contributed by atoms with Crippen molar-refractivity contribution in [2.75, 3.05) is 11.9 Å². The second-order valence-electron chi connectivity index (χ2n) is 4.63. The lowest BCUT2D eigenvalue weighted by Crippen LogP contribution is -2.22. The summed E-state index contributed by atoms with van der Waals surface area (Å²) in [5.74, 6) is 0.0959. The van der Waals surface area contributed by atoms with Gasteiger partial charge in [0.25, 0.3) is 0 Å². The largest absolute Gasteiger partial charge is 0.409 e. The fourth-order valence-corrected chi connectivity index (χ4v) is 2.88. The Kier molecular flexibility index (Phi) is 5.25. The molecule has 3 N–H and O–H groups in total. The van der Waals surface area contributed by atoms with Crippen molar-refractivity contribution in [3.63, 3.8) is 0 Å². The zero-order valence-electron chi connectivity index (χ0n) is 11.4. The highest BCUT2D eigenvalue weighted by atomic mass is 79.9. The highest BCUT2D eigenvalue weighted by molar-refractivity contribution is 9.10. The highest BCUT2D eigenvalue weighted by Gasteiger charge is 2.12. The van der Waals surface area contributed by atoms with Crippen LogP contribution in [0.2, 0.25) is 0 Å². The van der Waals surface area contributed by atoms with Crippen LogP contribution < -0.4 is 10.6 Å². The molecule has 21 heavy (non-hydrogen) atoms. The van der Waals surface area contributed by atoms with Crippen molar-refractivity contribution in [2.24, 2.45) is 10.9 Å². The molecular formula is C15H15Br2N3O. The van der Waals surface area contributed by atoms with Gasteiger partial charge in [0, 0.05) is 33.8 Å². The molecule has 0 unspecified atom stereocenters. The third-order valence-electron chi connectivity index (χ3n) is 3.06. The summed E-state index contributed by atoms with van der Waals surface area (Å²) in [4.78, 5) is 2.06. The molecule has 0 fully saturated rings. The van der Waals surface area contributed by atoms with Gasteiger partial charge in [-0.25, -0.2) is 0 Å². The minimum absolute atomic E-state index is 0.0959. The van der Waals surface area contributed by atoms with Crippen molar-refractivity contribution < 1.29 is 5.21 Å². The smallest absolute Gasteiger partial charge is 0.172 e. The molecule has 4 nitrogen and oxygen atoms in total. The molecule has 0 spiro atoms. The molecule has 0 aliphatic carbocycles. The molecule has 6 heteroatoms. The molecular weight excluding hydrogens is 398 g/mol. The van der Waals surface area contributed by atoms with Gasteiger partial charge in [0.05, 0.1) is 0 Å². The third-order valence-corrected chi connectivity index (χ3v) is 4.05. The monoisotopic (exact) mass is 411 g/mol. The number of nitrogens with two attached hydrogens (primary N) is 1. The maximum absolute atomic E-state index is 8.92. The number of rotatable bonds is 4. The van der Waals surface area contributed by atoms with Gasteiger partial charge in [-0.15, -0.1) is 0 Å². The SMILES string of the molecule is CN(Cc1cccc(Br)c1)c1cc(Br)ccc1/C(N)=N/O. The van der Waals surface area contributed by atoms with E-state index in [4.69, 9.17) is 10.9 Å². The van der Waals surface area contributed by atoms with E-state index in [0.717, 1.165) is 20.2 Å². The number of anilines is 1. The summed E-state index contributed by atoms with van der Waals surface area (Å²) in [5.41, 5.74) is 8.50. The Morgan fingerprint density at radius 3 is 2.57 bits per heavy atom. The molecule has 0 aliphatic rings. The summed E-state index contributed by atoms with van der Waals surface area (Å²) in [6.45, 7) is 0.710. The number of hydrogen-bond donors (Lipinski definition) is 2. The minimum Gasteiger partial charge on any atom is -0.409 e. The standard InChI is InChI=1S/C15H15Br2N3O/c1-20(9-10-3-2-4-11(16)7-10)14-8-12(17)5-6-13(14)15(18)19-21/h2-8,21H,9H2,1H3,(H2,18,19). The zero-order valence-corrected chi connectivity index (χ0v) is 14.6. The van der Waals surface area contributed by atoms with Crippen LogP contribution in [0.15, 0.2) is 56.6 Å². The van der Waals surface area contributed by atoms with Gasteiger partial charge in [0.15, 0.2) is 5.84 Å². The second-order valence-corrected chi connectivity index (χ2v) is 6.46. The van der Waals surface area contributed by atoms with Crippen molar-refractivity contribution in [1.29, 1.82) is 0 Å². The Bertz CT molecular complexity index is 674. The molecule has 0 saturated heterocycles. The molecule has 2 aromatic carbocycles. The maximum atomic E-state index is 8.92. The molecule has 0 atom stereocenters. The first-order chi connectivity index (χ1) is 10.0. The maximum Gasteiger partial charge on any atom is 0.172 e. The van der Waals surface area contributed by atoms with Gasteiger partial charge < -0.3 is 15.8 Å². The van der Waals surface area contributed by atoms with Crippen molar-refractivity contribution >= 4 is 43.4 Å². The molecule has 0 saturated carbocycles. The van der Waals surface area contributed by atoms with Crippen LogP contribution in [0, 0.1) is 0 Å². The summed E-state index contributed by atoms with van der Waals surface area (Å²) >= 11 is 6.93. The average Bonchev–Trinajstić information content (AvgIpc) is 2.46. The number of oxime groups is 1. The highest BCUT2D eigenvalue weighted by Crippen LogP contribution is 2.26. The molecule has 0 bridgehead atoms. The summed E-state index contributed by atoms with van der Waals surface area (Å²) in [6.07, 6.45) is 0. The molecule has 0 amide bonds. The van der Waals surface area contributed by atoms with E-state index in [9.17, 15) is 0 Å². The Labute approximate surface area is 140 Å². The normalized spacial score (nSPS) is 11.5. The van der Waals surface area contributed by atoms with Gasteiger partial charge in [-0.1, -0.05) is 49.1 Å². The fourth-order valence-electron chi connectivity index (χ4n) is 2.09. The Hall–Kier alpha value is -1.53. The summed E-state index contributed by atoms with van der Waals surface area (Å²) in [6, 6.07) is 13.8. The molecule has 0 radical (unpaired) electrons. The van der Waals surface area contributed by atoms with Crippen LogP contribution in [0.1, 0.15) is 11.1 Å². The van der Waals surface area contributed by atoms with Crippen molar-refractivity contribution in [2.45, 2.75) is 6.54 Å². The predicted molar refractivity (Wildman–Crippen MR) is 92.9 cm³/mol. The number of benzene rings is 2. The third kappa shape index (κ3) is 3.98. The van der Waals surface area contributed by atoms with E-state index < -0.39 is 0 Å². The van der Waals surface area contributed by atoms with E-state index in [0.29, 0.717) is 12.1 Å². The summed E-state index contributed by atoms with van der Waals surface area (Å²) in [5, 5.41) is 12.0. The summed E-state index contributed by atoms with van der Waals surface area (Å²) < 4.78 is 1.98. The predicted octanol–water partition coefficient (Wildman–Crippen LogP) is 3.94. The van der Waals surface area contributed by atoms with Crippen LogP contribution in [0.4, 0.5) is 5.69 Å². The molecule has 2 aromatic rings. The van der Waals surface area contributed by atoms with Gasteiger partial charge in [-0.2, -0.15) is 0 Å². The van der Waals surface area contributed by atoms with Crippen molar-refractivity contribution in [3.8, 4) is 0 Å². The number of halogens is 2. The van der Waals surface area contributed by atoms with Crippen molar-refractivity contribution in [1.82, 2.24) is 0 Å². The van der Waals surface area contributed by atoms with E-state index in [1.54, 1.807) is 0 Å². The number of hydrogen-bond acceptors (Lipinski definition) is 3. The van der Waals surface area contributed by atoms with Crippen molar-refractivity contribution in [3.05, 3.63) is 62.5 Å². The quantitative estimate of drug-likeness (QED) is 0.346. The topological polar surface area (TPSA) is 61.8 Å². The van der Waals surface area contributed by atoms with Gasteiger partial charge in [0.2, 0.25) is 0 Å². The second kappa shape index (κ2) is 6.95. The fraction of sp³-hybridized carbons (Fsp3) is 0.133. The van der Waals surface area contributed by atoms with E-state index in [1.165, 1.54) is 0 Å². The molecule has 110 valence electrons. The number of amidine groups is 1. The first-order valence-corrected chi connectivity index (χ1v) is 7.83. The van der Waals surface area contributed by atoms with E-state index in [1.807, 2.05) is 37.4 Å². The molecule has 0 aliphatic heterocycles. The molecule has 0 aromatic heterocycles. The van der Waals surface area contributed by atoms with E-state index in [-0.39, 0.29) is 5.84 Å². The van der Waals surface area contributed by atoms with E-state index in [2.05, 4.69) is 54.0 Å². The van der Waals surface area contributed by atoms with Crippen LogP contribution in [-0.2, 0) is 6.54 Å². The van der Waals surface area contributed by atoms with Crippen LogP contribution in [0.5, 0.6) is 0 Å². The number of nitrogens with zero attached hydrogens (tertiary/aromatic N) is 2.